The molecule has 2 fully saturated rings. The number of piperazine rings is 1. The molecule has 7 nitrogen and oxygen atoms in total. The fourth-order valence-corrected chi connectivity index (χ4v) is 4.47. The van der Waals surface area contributed by atoms with Crippen molar-refractivity contribution in [1.82, 2.24) is 9.97 Å². The van der Waals surface area contributed by atoms with Crippen LogP contribution < -0.4 is 15.1 Å². The number of nitroso groups, excluding NO2 is 1. The fraction of sp³-hybridized carbons (Fsp3) is 0.391. The fourth-order valence-electron chi connectivity index (χ4n) is 4.47. The molecule has 0 amide bonds. The monoisotopic (exact) mass is 402 g/mol. The van der Waals surface area contributed by atoms with Crippen molar-refractivity contribution in [1.29, 1.82) is 0 Å². The average Bonchev–Trinajstić information content (AvgIpc) is 3.32. The predicted octanol–water partition coefficient (Wildman–Crippen LogP) is 4.71. The van der Waals surface area contributed by atoms with Crippen LogP contribution in [0.5, 0.6) is 0 Å². The van der Waals surface area contributed by atoms with Gasteiger partial charge < -0.3 is 15.1 Å². The number of aromatic nitrogens is 2. The first-order chi connectivity index (χ1) is 14.8. The summed E-state index contributed by atoms with van der Waals surface area (Å²) in [6.07, 6.45) is 5.01. The molecule has 5 rings (SSSR count). The summed E-state index contributed by atoms with van der Waals surface area (Å²) in [5.74, 6) is 1.76. The van der Waals surface area contributed by atoms with E-state index in [9.17, 15) is 4.91 Å². The summed E-state index contributed by atoms with van der Waals surface area (Å²) in [6, 6.07) is 16.2. The molecule has 3 aromatic rings. The summed E-state index contributed by atoms with van der Waals surface area (Å²) < 4.78 is 0. The van der Waals surface area contributed by atoms with Crippen LogP contribution in [0.1, 0.15) is 25.7 Å². The van der Waals surface area contributed by atoms with Gasteiger partial charge in [-0.25, -0.2) is 4.98 Å². The molecule has 2 aliphatic rings. The minimum atomic E-state index is 0.462. The van der Waals surface area contributed by atoms with Gasteiger partial charge in [0.2, 0.25) is 5.95 Å². The molecule has 2 aromatic carbocycles. The van der Waals surface area contributed by atoms with Gasteiger partial charge in [-0.05, 0) is 54.4 Å². The van der Waals surface area contributed by atoms with Crippen molar-refractivity contribution in [3.63, 3.8) is 0 Å². The Morgan fingerprint density at radius 2 is 1.57 bits per heavy atom. The van der Waals surface area contributed by atoms with Gasteiger partial charge in [0.25, 0.3) is 0 Å². The summed E-state index contributed by atoms with van der Waals surface area (Å²) in [7, 11) is 0. The van der Waals surface area contributed by atoms with Gasteiger partial charge in [0.1, 0.15) is 11.5 Å². The molecule has 2 heterocycles. The van der Waals surface area contributed by atoms with Gasteiger partial charge in [-0.2, -0.15) is 4.98 Å². The highest BCUT2D eigenvalue weighted by Gasteiger charge is 2.22. The zero-order chi connectivity index (χ0) is 20.3. The number of nitrogens with one attached hydrogen (secondary N) is 1. The molecule has 1 saturated heterocycles. The van der Waals surface area contributed by atoms with Crippen LogP contribution in [0, 0.1) is 4.91 Å². The number of fused-ring (bicyclic) bond motifs is 1. The average molecular weight is 403 g/mol. The van der Waals surface area contributed by atoms with E-state index < -0.39 is 0 Å². The molecule has 30 heavy (non-hydrogen) atoms. The predicted molar refractivity (Wildman–Crippen MR) is 122 cm³/mol. The molecule has 1 saturated carbocycles. The lowest BCUT2D eigenvalue weighted by Crippen LogP contribution is -2.47. The topological polar surface area (TPSA) is 73.7 Å². The third kappa shape index (κ3) is 3.79. The van der Waals surface area contributed by atoms with Crippen molar-refractivity contribution in [2.75, 3.05) is 41.3 Å². The van der Waals surface area contributed by atoms with Gasteiger partial charge in [0, 0.05) is 43.3 Å². The maximum Gasteiger partial charge on any atom is 0.228 e. The second kappa shape index (κ2) is 8.26. The lowest BCUT2D eigenvalue weighted by atomic mass is 10.2. The number of benzene rings is 2. The van der Waals surface area contributed by atoms with Crippen LogP contribution in [0.15, 0.2) is 53.7 Å². The highest BCUT2D eigenvalue weighted by Crippen LogP contribution is 2.28. The molecule has 0 bridgehead atoms. The van der Waals surface area contributed by atoms with E-state index in [4.69, 9.17) is 9.97 Å². The van der Waals surface area contributed by atoms with Crippen molar-refractivity contribution in [3.05, 3.63) is 53.4 Å². The molecule has 1 aromatic heterocycles. The second-order valence-electron chi connectivity index (χ2n) is 8.10. The molecule has 1 N–H and O–H groups in total. The van der Waals surface area contributed by atoms with E-state index in [-0.39, 0.29) is 0 Å². The van der Waals surface area contributed by atoms with Crippen molar-refractivity contribution in [2.45, 2.75) is 31.7 Å². The number of nitrogens with zero attached hydrogens (tertiary/aromatic N) is 5. The van der Waals surface area contributed by atoms with Crippen molar-refractivity contribution >= 4 is 34.0 Å². The van der Waals surface area contributed by atoms with E-state index >= 15 is 0 Å². The van der Waals surface area contributed by atoms with E-state index in [1.165, 1.54) is 25.7 Å². The zero-order valence-electron chi connectivity index (χ0n) is 17.0. The molecule has 1 aliphatic carbocycles. The number of rotatable bonds is 5. The Balaban J connectivity index is 1.35. The molecule has 154 valence electrons. The summed E-state index contributed by atoms with van der Waals surface area (Å²) in [6.45, 7) is 3.48. The third-order valence-electron chi connectivity index (χ3n) is 6.17. The Morgan fingerprint density at radius 3 is 2.30 bits per heavy atom. The molecule has 7 heteroatoms. The smallest absolute Gasteiger partial charge is 0.228 e. The lowest BCUT2D eigenvalue weighted by molar-refractivity contribution is 0.641. The van der Waals surface area contributed by atoms with Crippen LogP contribution in [0.2, 0.25) is 0 Å². The molecule has 0 atom stereocenters. The lowest BCUT2D eigenvalue weighted by Gasteiger charge is -2.36. The van der Waals surface area contributed by atoms with Crippen LogP contribution in [-0.4, -0.2) is 42.2 Å². The Labute approximate surface area is 176 Å². The summed E-state index contributed by atoms with van der Waals surface area (Å²) in [4.78, 5) is 25.0. The summed E-state index contributed by atoms with van der Waals surface area (Å²) in [5.41, 5.74) is 2.57. The van der Waals surface area contributed by atoms with Crippen molar-refractivity contribution in [3.8, 4) is 0 Å². The first-order valence-electron chi connectivity index (χ1n) is 10.8. The highest BCUT2D eigenvalue weighted by atomic mass is 16.3. The quantitative estimate of drug-likeness (QED) is 0.623. The summed E-state index contributed by atoms with van der Waals surface area (Å²) in [5, 5.41) is 7.76. The molecule has 1 aliphatic heterocycles. The van der Waals surface area contributed by atoms with Gasteiger partial charge in [0.05, 0.1) is 5.52 Å². The number of hydrogen-bond donors (Lipinski definition) is 1. The number of anilines is 3. The third-order valence-corrected chi connectivity index (χ3v) is 6.17. The maximum atomic E-state index is 10.6. The second-order valence-corrected chi connectivity index (χ2v) is 8.10. The van der Waals surface area contributed by atoms with Crippen LogP contribution in [0.25, 0.3) is 10.9 Å². The van der Waals surface area contributed by atoms with Crippen LogP contribution >= 0.6 is 0 Å². The van der Waals surface area contributed by atoms with Crippen LogP contribution in [-0.2, 0) is 0 Å². The van der Waals surface area contributed by atoms with Crippen LogP contribution in [0.4, 0.5) is 23.1 Å². The van der Waals surface area contributed by atoms with Gasteiger partial charge in [0.15, 0.2) is 0 Å². The van der Waals surface area contributed by atoms with Gasteiger partial charge >= 0.3 is 0 Å². The minimum Gasteiger partial charge on any atom is -0.368 e. The number of para-hydroxylation sites is 1. The van der Waals surface area contributed by atoms with Gasteiger partial charge in [-0.3, -0.25) is 0 Å². The minimum absolute atomic E-state index is 0.462. The normalized spacial score (nSPS) is 17.5. The Morgan fingerprint density at radius 1 is 0.867 bits per heavy atom. The largest absolute Gasteiger partial charge is 0.368 e. The first kappa shape index (κ1) is 18.8. The maximum absolute atomic E-state index is 10.6. The standard InChI is InChI=1S/C23H26N6O/c30-27-18-9-11-19(12-10-18)28-13-15-29(16-14-28)23-25-21-8-4-3-7-20(21)22(26-23)24-17-5-1-2-6-17/h3-4,7-12,17H,1-2,5-6,13-16H2,(H,24,25,26). The van der Waals surface area contributed by atoms with Crippen LogP contribution in [0.3, 0.4) is 0 Å². The number of hydrogen-bond acceptors (Lipinski definition) is 7. The van der Waals surface area contributed by atoms with E-state index in [2.05, 4.69) is 38.5 Å². The molecule has 0 spiro atoms. The van der Waals surface area contributed by atoms with Gasteiger partial charge in [-0.1, -0.05) is 25.0 Å². The van der Waals surface area contributed by atoms with Crippen molar-refractivity contribution < 1.29 is 0 Å². The Hall–Kier alpha value is -3.22. The van der Waals surface area contributed by atoms with Gasteiger partial charge in [-0.15, -0.1) is 4.91 Å². The highest BCUT2D eigenvalue weighted by molar-refractivity contribution is 5.90. The SMILES string of the molecule is O=Nc1ccc(N2CCN(c3nc(NC4CCCC4)c4ccccc4n3)CC2)cc1. The van der Waals surface area contributed by atoms with Crippen molar-refractivity contribution in [2.24, 2.45) is 5.18 Å². The van der Waals surface area contributed by atoms with E-state index in [0.717, 1.165) is 54.5 Å². The molecular weight excluding hydrogens is 376 g/mol. The molecule has 0 unspecified atom stereocenters. The summed E-state index contributed by atoms with van der Waals surface area (Å²) >= 11 is 0. The van der Waals surface area contributed by atoms with E-state index in [1.807, 2.05) is 18.2 Å². The van der Waals surface area contributed by atoms with E-state index in [1.54, 1.807) is 12.1 Å². The first-order valence-corrected chi connectivity index (χ1v) is 10.8. The molecular formula is C23H26N6O. The Bertz CT molecular complexity index is 1020. The van der Waals surface area contributed by atoms with E-state index in [0.29, 0.717) is 11.7 Å². The Kier molecular flexibility index (Phi) is 5.17. The molecule has 0 radical (unpaired) electrons. The zero-order valence-corrected chi connectivity index (χ0v) is 17.0.